The first kappa shape index (κ1) is 24.4. The minimum absolute atomic E-state index is 0.00838. The normalized spacial score (nSPS) is 25.9. The van der Waals surface area contributed by atoms with E-state index in [0.29, 0.717) is 25.9 Å². The lowest BCUT2D eigenvalue weighted by molar-refractivity contribution is -0.150. The maximum Gasteiger partial charge on any atom is 0.410 e. The smallest absolute Gasteiger partial charge is 0.410 e. The number of rotatable bonds is 1. The van der Waals surface area contributed by atoms with Gasteiger partial charge in [0.1, 0.15) is 12.1 Å². The fourth-order valence-corrected chi connectivity index (χ4v) is 5.01. The molecule has 0 spiro atoms. The number of aryl methyl sites for hydroxylation is 1. The van der Waals surface area contributed by atoms with E-state index in [4.69, 9.17) is 9.47 Å². The fraction of sp³-hybridized carbons (Fsp3) is 0.625. The summed E-state index contributed by atoms with van der Waals surface area (Å²) in [5, 5.41) is 2.53. The second-order valence-electron chi connectivity index (χ2n) is 9.26. The van der Waals surface area contributed by atoms with Gasteiger partial charge in [0.15, 0.2) is 0 Å². The van der Waals surface area contributed by atoms with E-state index < -0.39 is 42.6 Å². The van der Waals surface area contributed by atoms with E-state index in [2.05, 4.69) is 5.32 Å². The Morgan fingerprint density at radius 3 is 2.76 bits per heavy atom. The molecule has 3 aliphatic rings. The van der Waals surface area contributed by atoms with Crippen LogP contribution in [0.5, 0.6) is 0 Å². The van der Waals surface area contributed by atoms with Gasteiger partial charge in [0.05, 0.1) is 26.7 Å². The van der Waals surface area contributed by atoms with Crippen molar-refractivity contribution in [2.24, 2.45) is 0 Å². The average molecular weight is 480 g/mol. The molecule has 10 heteroatoms. The maximum absolute atomic E-state index is 14.3. The molecule has 1 fully saturated rings. The van der Waals surface area contributed by atoms with Crippen molar-refractivity contribution in [2.75, 3.05) is 26.7 Å². The van der Waals surface area contributed by atoms with Crippen molar-refractivity contribution in [1.29, 1.82) is 0 Å². The second-order valence-corrected chi connectivity index (χ2v) is 9.26. The monoisotopic (exact) mass is 479 g/mol. The number of benzene rings is 1. The van der Waals surface area contributed by atoms with Gasteiger partial charge in [-0.15, -0.1) is 0 Å². The molecular weight excluding hydrogens is 448 g/mol. The van der Waals surface area contributed by atoms with Crippen LogP contribution in [-0.4, -0.2) is 72.6 Å². The minimum atomic E-state index is -2.93. The van der Waals surface area contributed by atoms with Crippen molar-refractivity contribution < 1.29 is 32.6 Å². The molecule has 4 rings (SSSR count). The predicted molar refractivity (Wildman–Crippen MR) is 118 cm³/mol. The summed E-state index contributed by atoms with van der Waals surface area (Å²) in [6.07, 6.45) is 1.26. The van der Waals surface area contributed by atoms with Crippen LogP contribution in [0.15, 0.2) is 18.2 Å². The standard InChI is InChI=1S/C24H31F2N3O5/c1-33-22(31)20-10-18-13-29(20)21(30)11-27-15-24(25,26)9-4-2-3-6-16-7-5-8-17-12-28(14-19(16)17)23(32)34-18/h5,7-8,18,20,27H,2-4,6,9-15H2,1H3/t18-,20+/m1/s1. The molecule has 4 bridgehead atoms. The SMILES string of the molecule is COC(=O)[C@@H]1C[C@@H]2CN1C(=O)CNCC(F)(F)CCCCCc1cccc3c1CN(C3)C(=O)O2. The third kappa shape index (κ3) is 5.48. The molecule has 3 heterocycles. The zero-order chi connectivity index (χ0) is 24.3. The summed E-state index contributed by atoms with van der Waals surface area (Å²) < 4.78 is 39.0. The van der Waals surface area contributed by atoms with Crippen molar-refractivity contribution >= 4 is 18.0 Å². The van der Waals surface area contributed by atoms with E-state index in [9.17, 15) is 23.2 Å². The van der Waals surface area contributed by atoms with Gasteiger partial charge in [0.2, 0.25) is 5.91 Å². The molecule has 0 radical (unpaired) electrons. The molecule has 1 aromatic rings. The van der Waals surface area contributed by atoms with E-state index in [0.717, 1.165) is 29.5 Å². The molecule has 1 saturated heterocycles. The Kier molecular flexibility index (Phi) is 7.35. The summed E-state index contributed by atoms with van der Waals surface area (Å²) >= 11 is 0. The number of carbonyl (C=O) groups excluding carboxylic acids is 3. The topological polar surface area (TPSA) is 88.2 Å². The second kappa shape index (κ2) is 10.2. The Hall–Kier alpha value is -2.75. The number of alkyl halides is 2. The number of amides is 2. The largest absolute Gasteiger partial charge is 0.467 e. The van der Waals surface area contributed by atoms with Crippen molar-refractivity contribution in [3.05, 3.63) is 34.9 Å². The molecule has 2 amide bonds. The van der Waals surface area contributed by atoms with Crippen LogP contribution in [0.3, 0.4) is 0 Å². The number of nitrogens with zero attached hydrogens (tertiary/aromatic N) is 2. The molecule has 1 aromatic carbocycles. The Morgan fingerprint density at radius 2 is 1.97 bits per heavy atom. The molecular formula is C24H31F2N3O5. The third-order valence-corrected chi connectivity index (χ3v) is 6.81. The first-order chi connectivity index (χ1) is 16.3. The molecule has 0 aliphatic carbocycles. The van der Waals surface area contributed by atoms with Crippen LogP contribution in [0.25, 0.3) is 0 Å². The van der Waals surface area contributed by atoms with E-state index >= 15 is 0 Å². The van der Waals surface area contributed by atoms with E-state index in [1.54, 1.807) is 4.90 Å². The third-order valence-electron chi connectivity index (χ3n) is 6.81. The van der Waals surface area contributed by atoms with Gasteiger partial charge in [-0.25, -0.2) is 18.4 Å². The van der Waals surface area contributed by atoms with Crippen molar-refractivity contribution in [1.82, 2.24) is 15.1 Å². The highest BCUT2D eigenvalue weighted by molar-refractivity contribution is 5.86. The summed E-state index contributed by atoms with van der Waals surface area (Å²) in [6.45, 7) is -0.105. The van der Waals surface area contributed by atoms with Crippen LogP contribution < -0.4 is 5.32 Å². The predicted octanol–water partition coefficient (Wildman–Crippen LogP) is 2.62. The lowest BCUT2D eigenvalue weighted by atomic mass is 9.98. The van der Waals surface area contributed by atoms with Crippen molar-refractivity contribution in [2.45, 2.75) is 69.7 Å². The summed E-state index contributed by atoms with van der Waals surface area (Å²) in [7, 11) is 1.21. The van der Waals surface area contributed by atoms with Crippen LogP contribution in [0.4, 0.5) is 13.6 Å². The van der Waals surface area contributed by atoms with E-state index in [-0.39, 0.29) is 25.9 Å². The molecule has 2 atom stereocenters. The van der Waals surface area contributed by atoms with Crippen molar-refractivity contribution in [3.63, 3.8) is 0 Å². The number of carbonyl (C=O) groups is 3. The quantitative estimate of drug-likeness (QED) is 0.623. The Morgan fingerprint density at radius 1 is 1.18 bits per heavy atom. The highest BCUT2D eigenvalue weighted by Crippen LogP contribution is 2.30. The van der Waals surface area contributed by atoms with Gasteiger partial charge < -0.3 is 19.7 Å². The van der Waals surface area contributed by atoms with Gasteiger partial charge in [-0.05, 0) is 36.0 Å². The zero-order valence-electron chi connectivity index (χ0n) is 19.4. The number of fused-ring (bicyclic) bond motifs is 3. The highest BCUT2D eigenvalue weighted by atomic mass is 19.3. The Balaban J connectivity index is 1.53. The molecule has 3 aliphatic heterocycles. The summed E-state index contributed by atoms with van der Waals surface area (Å²) in [5.74, 6) is -4.07. The molecule has 0 aromatic heterocycles. The molecule has 186 valence electrons. The van der Waals surface area contributed by atoms with Gasteiger partial charge in [0.25, 0.3) is 5.92 Å². The van der Waals surface area contributed by atoms with Gasteiger partial charge in [-0.3, -0.25) is 9.69 Å². The van der Waals surface area contributed by atoms with Crippen LogP contribution in [-0.2, 0) is 38.6 Å². The number of esters is 1. The molecule has 0 unspecified atom stereocenters. The fourth-order valence-electron chi connectivity index (χ4n) is 5.01. The maximum atomic E-state index is 14.3. The van der Waals surface area contributed by atoms with Gasteiger partial charge >= 0.3 is 12.1 Å². The average Bonchev–Trinajstić information content (AvgIpc) is 3.42. The first-order valence-electron chi connectivity index (χ1n) is 11.8. The Labute approximate surface area is 197 Å². The summed E-state index contributed by atoms with van der Waals surface area (Å²) in [6, 6.07) is 5.03. The number of methoxy groups -OCH3 is 1. The number of halogens is 2. The minimum Gasteiger partial charge on any atom is -0.467 e. The lowest BCUT2D eigenvalue weighted by Crippen LogP contribution is -2.46. The van der Waals surface area contributed by atoms with Crippen LogP contribution >= 0.6 is 0 Å². The molecule has 0 saturated carbocycles. The number of hydrogen-bond donors (Lipinski definition) is 1. The molecule has 34 heavy (non-hydrogen) atoms. The number of ether oxygens (including phenoxy) is 2. The number of hydrogen-bond acceptors (Lipinski definition) is 6. The summed E-state index contributed by atoms with van der Waals surface area (Å²) in [5.41, 5.74) is 3.27. The lowest BCUT2D eigenvalue weighted by Gasteiger charge is -2.23. The zero-order valence-corrected chi connectivity index (χ0v) is 19.4. The van der Waals surface area contributed by atoms with Crippen LogP contribution in [0.1, 0.15) is 48.8 Å². The molecule has 1 N–H and O–H groups in total. The van der Waals surface area contributed by atoms with Gasteiger partial charge in [0, 0.05) is 25.9 Å². The van der Waals surface area contributed by atoms with E-state index in [1.807, 2.05) is 18.2 Å². The van der Waals surface area contributed by atoms with Crippen LogP contribution in [0, 0.1) is 0 Å². The number of nitrogens with one attached hydrogen (secondary N) is 1. The Bertz CT molecular complexity index is 941. The van der Waals surface area contributed by atoms with E-state index in [1.165, 1.54) is 12.0 Å². The van der Waals surface area contributed by atoms with Gasteiger partial charge in [-0.1, -0.05) is 24.6 Å². The van der Waals surface area contributed by atoms with Crippen molar-refractivity contribution in [3.8, 4) is 0 Å². The summed E-state index contributed by atoms with van der Waals surface area (Å²) in [4.78, 5) is 40.7. The molecule has 8 nitrogen and oxygen atoms in total. The highest BCUT2D eigenvalue weighted by Gasteiger charge is 2.43. The first-order valence-corrected chi connectivity index (χ1v) is 11.8. The van der Waals surface area contributed by atoms with Crippen LogP contribution in [0.2, 0.25) is 0 Å². The van der Waals surface area contributed by atoms with Gasteiger partial charge in [-0.2, -0.15) is 0 Å².